The van der Waals surface area contributed by atoms with Crippen molar-refractivity contribution in [2.75, 3.05) is 59.6 Å². The van der Waals surface area contributed by atoms with Gasteiger partial charge >= 0.3 is 0 Å². The molecule has 28 heavy (non-hydrogen) atoms. The van der Waals surface area contributed by atoms with E-state index in [9.17, 15) is 9.50 Å². The van der Waals surface area contributed by atoms with E-state index in [1.54, 1.807) is 26.2 Å². The summed E-state index contributed by atoms with van der Waals surface area (Å²) in [5, 5.41) is 17.1. The van der Waals surface area contributed by atoms with Gasteiger partial charge in [0.25, 0.3) is 0 Å². The quantitative estimate of drug-likeness (QED) is 0.429. The summed E-state index contributed by atoms with van der Waals surface area (Å²) in [5.41, 5.74) is -0.0522. The van der Waals surface area contributed by atoms with Crippen molar-refractivity contribution in [2.45, 2.75) is 25.6 Å². The summed E-state index contributed by atoms with van der Waals surface area (Å²) < 4.78 is 24.0. The molecule has 0 radical (unpaired) electrons. The molecule has 1 aromatic rings. The maximum absolute atomic E-state index is 13.1. The fourth-order valence-corrected chi connectivity index (χ4v) is 3.09. The molecule has 0 saturated carbocycles. The lowest BCUT2D eigenvalue weighted by molar-refractivity contribution is -0.0180. The van der Waals surface area contributed by atoms with Gasteiger partial charge in [-0.3, -0.25) is 9.89 Å². The molecule has 7 nitrogen and oxygen atoms in total. The van der Waals surface area contributed by atoms with E-state index >= 15 is 0 Å². The van der Waals surface area contributed by atoms with Gasteiger partial charge in [0.05, 0.1) is 31.5 Å². The standard InChI is InChI=1S/C20H33FN4O3/c1-4-22-19(23-13-18(27-3)16-5-7-17(21)8-6-16)24-14-20(2,26)15-25-9-11-28-12-10-25/h5-8,18,26H,4,9-15H2,1-3H3,(H2,22,23,24). The highest BCUT2D eigenvalue weighted by atomic mass is 19.1. The monoisotopic (exact) mass is 396 g/mol. The highest BCUT2D eigenvalue weighted by molar-refractivity contribution is 5.79. The smallest absolute Gasteiger partial charge is 0.191 e. The van der Waals surface area contributed by atoms with Gasteiger partial charge in [0, 0.05) is 39.8 Å². The van der Waals surface area contributed by atoms with Crippen molar-refractivity contribution >= 4 is 5.96 Å². The van der Waals surface area contributed by atoms with Crippen LogP contribution in [0.15, 0.2) is 29.3 Å². The Morgan fingerprint density at radius 2 is 2.00 bits per heavy atom. The Morgan fingerprint density at radius 3 is 2.61 bits per heavy atom. The predicted octanol–water partition coefficient (Wildman–Crippen LogP) is 1.15. The summed E-state index contributed by atoms with van der Waals surface area (Å²) in [6, 6.07) is 6.26. The van der Waals surface area contributed by atoms with Crippen LogP contribution in [0.3, 0.4) is 0 Å². The van der Waals surface area contributed by atoms with Gasteiger partial charge in [0.1, 0.15) is 5.82 Å². The number of rotatable bonds is 9. The van der Waals surface area contributed by atoms with Gasteiger partial charge in [-0.25, -0.2) is 4.39 Å². The van der Waals surface area contributed by atoms with Crippen LogP contribution in [-0.2, 0) is 9.47 Å². The topological polar surface area (TPSA) is 78.4 Å². The Bertz CT molecular complexity index is 604. The molecule has 158 valence electrons. The zero-order chi connectivity index (χ0) is 20.4. The third kappa shape index (κ3) is 7.71. The maximum atomic E-state index is 13.1. The number of ether oxygens (including phenoxy) is 2. The lowest BCUT2D eigenvalue weighted by atomic mass is 10.1. The molecule has 2 atom stereocenters. The van der Waals surface area contributed by atoms with Crippen LogP contribution in [-0.4, -0.2) is 81.2 Å². The molecular weight excluding hydrogens is 363 g/mol. The molecule has 1 aromatic carbocycles. The molecule has 0 aromatic heterocycles. The largest absolute Gasteiger partial charge is 0.387 e. The fourth-order valence-electron chi connectivity index (χ4n) is 3.09. The molecule has 2 rings (SSSR count). The number of morpholine rings is 1. The van der Waals surface area contributed by atoms with Crippen molar-refractivity contribution in [3.63, 3.8) is 0 Å². The number of benzene rings is 1. The average molecular weight is 397 g/mol. The van der Waals surface area contributed by atoms with Gasteiger partial charge < -0.3 is 25.2 Å². The van der Waals surface area contributed by atoms with E-state index in [4.69, 9.17) is 9.47 Å². The second kappa shape index (κ2) is 11.3. The molecule has 1 aliphatic rings. The van der Waals surface area contributed by atoms with Crippen molar-refractivity contribution in [3.05, 3.63) is 35.6 Å². The minimum absolute atomic E-state index is 0.238. The van der Waals surface area contributed by atoms with Crippen LogP contribution in [0.1, 0.15) is 25.5 Å². The molecule has 3 N–H and O–H groups in total. The molecule has 0 spiro atoms. The number of halogens is 1. The minimum Gasteiger partial charge on any atom is -0.387 e. The number of aliphatic imine (C=N–C) groups is 1. The maximum Gasteiger partial charge on any atom is 0.191 e. The highest BCUT2D eigenvalue weighted by Crippen LogP contribution is 2.16. The van der Waals surface area contributed by atoms with Crippen molar-refractivity contribution in [2.24, 2.45) is 4.99 Å². The van der Waals surface area contributed by atoms with Crippen LogP contribution in [0.5, 0.6) is 0 Å². The first kappa shape index (κ1) is 22.5. The number of methoxy groups -OCH3 is 1. The van der Waals surface area contributed by atoms with E-state index in [1.165, 1.54) is 12.1 Å². The van der Waals surface area contributed by atoms with Crippen LogP contribution >= 0.6 is 0 Å². The third-order valence-electron chi connectivity index (χ3n) is 4.57. The Morgan fingerprint density at radius 1 is 1.32 bits per heavy atom. The molecular formula is C20H33FN4O3. The summed E-state index contributed by atoms with van der Waals surface area (Å²) in [6.45, 7) is 8.82. The van der Waals surface area contributed by atoms with Gasteiger partial charge in [-0.1, -0.05) is 12.1 Å². The van der Waals surface area contributed by atoms with E-state index in [0.717, 1.165) is 18.7 Å². The number of β-amino-alcohol motifs (C(OH)–C–C–N with tert-alkyl or cyclic N) is 1. The SMILES string of the molecule is CCNC(=NCC(C)(O)CN1CCOCC1)NCC(OC)c1ccc(F)cc1. The molecule has 1 heterocycles. The first-order valence-electron chi connectivity index (χ1n) is 9.76. The molecule has 0 amide bonds. The summed E-state index contributed by atoms with van der Waals surface area (Å²) in [7, 11) is 1.62. The zero-order valence-electron chi connectivity index (χ0n) is 17.1. The summed E-state index contributed by atoms with van der Waals surface area (Å²) in [5.74, 6) is 0.331. The Kier molecular flexibility index (Phi) is 9.11. The number of nitrogens with zero attached hydrogens (tertiary/aromatic N) is 2. The minimum atomic E-state index is -0.933. The summed E-state index contributed by atoms with van der Waals surface area (Å²) >= 11 is 0. The van der Waals surface area contributed by atoms with Crippen LogP contribution in [0.25, 0.3) is 0 Å². The lowest BCUT2D eigenvalue weighted by Crippen LogP contribution is -2.48. The van der Waals surface area contributed by atoms with Crippen LogP contribution in [0.4, 0.5) is 4.39 Å². The van der Waals surface area contributed by atoms with E-state index in [0.29, 0.717) is 38.8 Å². The zero-order valence-corrected chi connectivity index (χ0v) is 17.1. The molecule has 8 heteroatoms. The highest BCUT2D eigenvalue weighted by Gasteiger charge is 2.25. The van der Waals surface area contributed by atoms with E-state index in [-0.39, 0.29) is 18.5 Å². The van der Waals surface area contributed by atoms with Crippen molar-refractivity contribution in [1.29, 1.82) is 0 Å². The van der Waals surface area contributed by atoms with Gasteiger partial charge in [-0.2, -0.15) is 0 Å². The lowest BCUT2D eigenvalue weighted by Gasteiger charge is -2.33. The number of aliphatic hydroxyl groups is 1. The van der Waals surface area contributed by atoms with Crippen molar-refractivity contribution in [1.82, 2.24) is 15.5 Å². The van der Waals surface area contributed by atoms with Gasteiger partial charge in [0.2, 0.25) is 0 Å². The second-order valence-electron chi connectivity index (χ2n) is 7.24. The van der Waals surface area contributed by atoms with Gasteiger partial charge in [-0.05, 0) is 31.5 Å². The molecule has 1 aliphatic heterocycles. The molecule has 2 unspecified atom stereocenters. The fraction of sp³-hybridized carbons (Fsp3) is 0.650. The Labute approximate surface area is 166 Å². The first-order chi connectivity index (χ1) is 13.4. The molecule has 1 saturated heterocycles. The number of nitrogens with one attached hydrogen (secondary N) is 2. The third-order valence-corrected chi connectivity index (χ3v) is 4.57. The van der Waals surface area contributed by atoms with Crippen LogP contribution < -0.4 is 10.6 Å². The van der Waals surface area contributed by atoms with E-state index < -0.39 is 5.60 Å². The molecule has 0 aliphatic carbocycles. The van der Waals surface area contributed by atoms with Crippen LogP contribution in [0.2, 0.25) is 0 Å². The molecule has 1 fully saturated rings. The summed E-state index contributed by atoms with van der Waals surface area (Å²) in [4.78, 5) is 6.72. The van der Waals surface area contributed by atoms with E-state index in [2.05, 4.69) is 20.5 Å². The van der Waals surface area contributed by atoms with Crippen molar-refractivity contribution in [3.8, 4) is 0 Å². The number of hydrogen-bond acceptors (Lipinski definition) is 5. The second-order valence-corrected chi connectivity index (χ2v) is 7.24. The number of hydrogen-bond donors (Lipinski definition) is 3. The average Bonchev–Trinajstić information content (AvgIpc) is 2.68. The van der Waals surface area contributed by atoms with E-state index in [1.807, 2.05) is 6.92 Å². The normalized spacial score (nSPS) is 19.1. The predicted molar refractivity (Wildman–Crippen MR) is 108 cm³/mol. The first-order valence-corrected chi connectivity index (χ1v) is 9.76. The summed E-state index contributed by atoms with van der Waals surface area (Å²) in [6.07, 6.45) is -0.238. The van der Waals surface area contributed by atoms with Crippen molar-refractivity contribution < 1.29 is 19.0 Å². The van der Waals surface area contributed by atoms with Gasteiger partial charge in [0.15, 0.2) is 5.96 Å². The van der Waals surface area contributed by atoms with Gasteiger partial charge in [-0.15, -0.1) is 0 Å². The number of guanidine groups is 1. The molecule has 0 bridgehead atoms. The van der Waals surface area contributed by atoms with Crippen LogP contribution in [0, 0.1) is 5.82 Å². The Balaban J connectivity index is 1.91. The Hall–Kier alpha value is -1.74.